The molecule has 1 heterocycles. The van der Waals surface area contributed by atoms with Crippen LogP contribution >= 0.6 is 0 Å². The number of rotatable bonds is 3. The molecule has 1 saturated heterocycles. The third-order valence-corrected chi connectivity index (χ3v) is 5.31. The van der Waals surface area contributed by atoms with Crippen molar-refractivity contribution in [3.8, 4) is 0 Å². The first-order valence-corrected chi connectivity index (χ1v) is 8.96. The summed E-state index contributed by atoms with van der Waals surface area (Å²) < 4.78 is 0. The minimum absolute atomic E-state index is 0.163. The Morgan fingerprint density at radius 3 is 2.22 bits per heavy atom. The Kier molecular flexibility index (Phi) is 5.21. The second-order valence-corrected chi connectivity index (χ2v) is 7.27. The normalized spacial score (nSPS) is 26.1. The van der Waals surface area contributed by atoms with Crippen molar-refractivity contribution in [2.45, 2.75) is 38.6 Å². The van der Waals surface area contributed by atoms with E-state index in [9.17, 15) is 4.79 Å². The van der Waals surface area contributed by atoms with Crippen LogP contribution in [0.2, 0.25) is 0 Å². The number of nitrogens with zero attached hydrogens (tertiary/aromatic N) is 2. The first kappa shape index (κ1) is 16.3. The van der Waals surface area contributed by atoms with E-state index >= 15 is 0 Å². The number of hydrogen-bond donors (Lipinski definition) is 1. The van der Waals surface area contributed by atoms with Crippen molar-refractivity contribution in [2.75, 3.05) is 38.5 Å². The number of carbonyl (C=O) groups is 1. The molecule has 2 fully saturated rings. The van der Waals surface area contributed by atoms with Crippen LogP contribution in [0.15, 0.2) is 24.3 Å². The first-order chi connectivity index (χ1) is 11.1. The van der Waals surface area contributed by atoms with E-state index in [0.717, 1.165) is 43.3 Å². The largest absolute Gasteiger partial charge is 0.382 e. The molecule has 4 nitrogen and oxygen atoms in total. The van der Waals surface area contributed by atoms with E-state index in [0.29, 0.717) is 6.04 Å². The summed E-state index contributed by atoms with van der Waals surface area (Å²) in [5.41, 5.74) is 1.94. The molecule has 1 aromatic rings. The number of piperazine rings is 1. The number of likely N-dealkylation sites (N-methyl/N-ethyl adjacent to an activating group) is 1. The summed E-state index contributed by atoms with van der Waals surface area (Å²) in [6, 6.07) is 8.64. The maximum absolute atomic E-state index is 12.5. The van der Waals surface area contributed by atoms with Gasteiger partial charge in [0.1, 0.15) is 0 Å². The van der Waals surface area contributed by atoms with Gasteiger partial charge in [0.15, 0.2) is 0 Å². The Morgan fingerprint density at radius 1 is 1.00 bits per heavy atom. The van der Waals surface area contributed by atoms with Crippen LogP contribution in [-0.2, 0) is 0 Å². The molecular formula is C19H29N3O. The SMILES string of the molecule is CC1CCC(Nc2ccc(C(=O)N3CCN(C)CC3)cc2)CC1. The Hall–Kier alpha value is -1.55. The van der Waals surface area contributed by atoms with E-state index in [4.69, 9.17) is 0 Å². The molecule has 1 saturated carbocycles. The Morgan fingerprint density at radius 2 is 1.61 bits per heavy atom. The second kappa shape index (κ2) is 7.35. The molecular weight excluding hydrogens is 286 g/mol. The van der Waals surface area contributed by atoms with Gasteiger partial charge in [-0.05, 0) is 62.9 Å². The number of amides is 1. The van der Waals surface area contributed by atoms with Gasteiger partial charge in [-0.1, -0.05) is 6.92 Å². The van der Waals surface area contributed by atoms with Gasteiger partial charge >= 0.3 is 0 Å². The summed E-state index contributed by atoms with van der Waals surface area (Å²) in [7, 11) is 2.11. The van der Waals surface area contributed by atoms with E-state index in [1.54, 1.807) is 0 Å². The predicted octanol–water partition coefficient (Wildman–Crippen LogP) is 3.06. The van der Waals surface area contributed by atoms with E-state index < -0.39 is 0 Å². The monoisotopic (exact) mass is 315 g/mol. The van der Waals surface area contributed by atoms with Crippen molar-refractivity contribution >= 4 is 11.6 Å². The molecule has 0 bridgehead atoms. The zero-order chi connectivity index (χ0) is 16.2. The molecule has 0 unspecified atom stereocenters. The Labute approximate surface area is 139 Å². The fraction of sp³-hybridized carbons (Fsp3) is 0.632. The van der Waals surface area contributed by atoms with Gasteiger partial charge in [-0.15, -0.1) is 0 Å². The van der Waals surface area contributed by atoms with Crippen LogP contribution in [-0.4, -0.2) is 55.0 Å². The van der Waals surface area contributed by atoms with Crippen LogP contribution in [0.4, 0.5) is 5.69 Å². The average molecular weight is 315 g/mol. The lowest BCUT2D eigenvalue weighted by atomic mass is 9.87. The van der Waals surface area contributed by atoms with Crippen LogP contribution in [0, 0.1) is 5.92 Å². The Bertz CT molecular complexity index is 512. The Balaban J connectivity index is 1.55. The number of anilines is 1. The molecule has 1 aliphatic heterocycles. The second-order valence-electron chi connectivity index (χ2n) is 7.27. The molecule has 0 atom stereocenters. The highest BCUT2D eigenvalue weighted by molar-refractivity contribution is 5.94. The van der Waals surface area contributed by atoms with E-state index in [-0.39, 0.29) is 5.91 Å². The predicted molar refractivity (Wildman–Crippen MR) is 94.9 cm³/mol. The van der Waals surface area contributed by atoms with Gasteiger partial charge in [0.2, 0.25) is 0 Å². The molecule has 0 radical (unpaired) electrons. The third-order valence-electron chi connectivity index (χ3n) is 5.31. The zero-order valence-corrected chi connectivity index (χ0v) is 14.4. The highest BCUT2D eigenvalue weighted by atomic mass is 16.2. The molecule has 1 N–H and O–H groups in total. The number of hydrogen-bond acceptors (Lipinski definition) is 3. The molecule has 1 aromatic carbocycles. The van der Waals surface area contributed by atoms with Gasteiger partial charge in [0, 0.05) is 43.5 Å². The average Bonchev–Trinajstić information content (AvgIpc) is 2.58. The topological polar surface area (TPSA) is 35.6 Å². The molecule has 0 spiro atoms. The smallest absolute Gasteiger partial charge is 0.253 e. The minimum Gasteiger partial charge on any atom is -0.382 e. The summed E-state index contributed by atoms with van der Waals surface area (Å²) >= 11 is 0. The molecule has 3 rings (SSSR count). The van der Waals surface area contributed by atoms with Crippen LogP contribution in [0.5, 0.6) is 0 Å². The van der Waals surface area contributed by atoms with E-state index in [2.05, 4.69) is 36.3 Å². The van der Waals surface area contributed by atoms with Crippen molar-refractivity contribution in [1.82, 2.24) is 9.80 Å². The summed E-state index contributed by atoms with van der Waals surface area (Å²) in [4.78, 5) is 16.8. The van der Waals surface area contributed by atoms with Crippen molar-refractivity contribution in [3.05, 3.63) is 29.8 Å². The van der Waals surface area contributed by atoms with Gasteiger partial charge in [-0.25, -0.2) is 0 Å². The van der Waals surface area contributed by atoms with E-state index in [1.165, 1.54) is 25.7 Å². The fourth-order valence-electron chi connectivity index (χ4n) is 3.54. The van der Waals surface area contributed by atoms with Crippen molar-refractivity contribution in [3.63, 3.8) is 0 Å². The van der Waals surface area contributed by atoms with Crippen LogP contribution < -0.4 is 5.32 Å². The number of benzene rings is 1. The molecule has 1 aliphatic carbocycles. The lowest BCUT2D eigenvalue weighted by Crippen LogP contribution is -2.47. The maximum atomic E-state index is 12.5. The summed E-state index contributed by atoms with van der Waals surface area (Å²) in [5.74, 6) is 1.03. The molecule has 1 amide bonds. The van der Waals surface area contributed by atoms with Gasteiger partial charge in [0.05, 0.1) is 0 Å². The van der Waals surface area contributed by atoms with Crippen molar-refractivity contribution < 1.29 is 4.79 Å². The summed E-state index contributed by atoms with van der Waals surface area (Å²) in [6.07, 6.45) is 5.14. The minimum atomic E-state index is 0.163. The van der Waals surface area contributed by atoms with Crippen molar-refractivity contribution in [2.24, 2.45) is 5.92 Å². The van der Waals surface area contributed by atoms with Crippen LogP contribution in [0.3, 0.4) is 0 Å². The quantitative estimate of drug-likeness (QED) is 0.931. The number of carbonyl (C=O) groups excluding carboxylic acids is 1. The maximum Gasteiger partial charge on any atom is 0.253 e. The van der Waals surface area contributed by atoms with Crippen molar-refractivity contribution in [1.29, 1.82) is 0 Å². The number of nitrogens with one attached hydrogen (secondary N) is 1. The van der Waals surface area contributed by atoms with Gasteiger partial charge in [0.25, 0.3) is 5.91 Å². The fourth-order valence-corrected chi connectivity index (χ4v) is 3.54. The van der Waals surface area contributed by atoms with Gasteiger partial charge in [-0.2, -0.15) is 0 Å². The zero-order valence-electron chi connectivity index (χ0n) is 14.4. The summed E-state index contributed by atoms with van der Waals surface area (Å²) in [5, 5.41) is 3.62. The molecule has 0 aromatic heterocycles. The van der Waals surface area contributed by atoms with Crippen LogP contribution in [0.25, 0.3) is 0 Å². The lowest BCUT2D eigenvalue weighted by molar-refractivity contribution is 0.0664. The molecule has 4 heteroatoms. The van der Waals surface area contributed by atoms with E-state index in [1.807, 2.05) is 17.0 Å². The lowest BCUT2D eigenvalue weighted by Gasteiger charge is -2.32. The summed E-state index contributed by atoms with van der Waals surface area (Å²) in [6.45, 7) is 5.93. The standard InChI is InChI=1S/C19H29N3O/c1-15-3-7-17(8-4-15)20-18-9-5-16(6-10-18)19(23)22-13-11-21(2)12-14-22/h5-6,9-10,15,17,20H,3-4,7-8,11-14H2,1-2H3. The first-order valence-electron chi connectivity index (χ1n) is 8.96. The highest BCUT2D eigenvalue weighted by Crippen LogP contribution is 2.26. The third kappa shape index (κ3) is 4.25. The van der Waals surface area contributed by atoms with Gasteiger partial charge < -0.3 is 15.1 Å². The highest BCUT2D eigenvalue weighted by Gasteiger charge is 2.21. The molecule has 23 heavy (non-hydrogen) atoms. The molecule has 126 valence electrons. The molecule has 2 aliphatic rings. The van der Waals surface area contributed by atoms with Crippen LogP contribution in [0.1, 0.15) is 43.0 Å². The van der Waals surface area contributed by atoms with Gasteiger partial charge in [-0.3, -0.25) is 4.79 Å².